The number of hydrogen-bond acceptors (Lipinski definition) is 0. The Morgan fingerprint density at radius 2 is 0.760 bits per heavy atom. The second-order valence-electron chi connectivity index (χ2n) is 19.7. The fraction of sp³-hybridized carbons (Fsp3) is 0.378. The van der Waals surface area contributed by atoms with Crippen molar-refractivity contribution in [3.8, 4) is 22.3 Å². The van der Waals surface area contributed by atoms with Crippen molar-refractivity contribution >= 4 is 73.3 Å². The molecule has 0 atom stereocenters. The summed E-state index contributed by atoms with van der Waals surface area (Å²) in [6.45, 7) is 35.1. The standard InChI is InChI=1S/C45H62Si5/c1-15-50(14,40-22-32-18-16-20-42(44(32)30-40)34-24-36(46(2,3)4)28-37(25-34)47(5,6)7)41-23-33-19-17-21-43(45(33)31-41)35-26-38(48(8,9)10)29-39(27-35)49(11,12)13/h16-21,24-31H,15,22-23H2,1-14H3. The van der Waals surface area contributed by atoms with Gasteiger partial charge >= 0.3 is 0 Å². The third-order valence-electron chi connectivity index (χ3n) is 11.9. The minimum Gasteiger partial charge on any atom is -0.0712 e. The van der Waals surface area contributed by atoms with Gasteiger partial charge in [0.25, 0.3) is 0 Å². The Labute approximate surface area is 310 Å². The van der Waals surface area contributed by atoms with Crippen LogP contribution in [-0.4, -0.2) is 40.4 Å². The molecule has 4 aromatic carbocycles. The Morgan fingerprint density at radius 3 is 1.04 bits per heavy atom. The average Bonchev–Trinajstić information content (AvgIpc) is 3.68. The van der Waals surface area contributed by atoms with E-state index in [2.05, 4.69) is 177 Å². The van der Waals surface area contributed by atoms with Crippen LogP contribution in [-0.2, 0) is 12.8 Å². The van der Waals surface area contributed by atoms with Gasteiger partial charge in [-0.1, -0.05) is 214 Å². The van der Waals surface area contributed by atoms with Crippen molar-refractivity contribution in [2.24, 2.45) is 0 Å². The van der Waals surface area contributed by atoms with Crippen LogP contribution in [0.1, 0.15) is 29.2 Å². The van der Waals surface area contributed by atoms with Gasteiger partial charge in [-0.15, -0.1) is 0 Å². The highest BCUT2D eigenvalue weighted by atomic mass is 28.3. The molecule has 0 spiro atoms. The SMILES string of the molecule is CC[Si](C)(C1=Cc2c(cccc2-c2cc([Si](C)(C)C)cc([Si](C)(C)C)c2)C1)C1=Cc2c(cccc2-c2cc([Si](C)(C)C)cc([Si](C)(C)C)c2)C1. The number of hydrogen-bond donors (Lipinski definition) is 0. The molecule has 0 saturated carbocycles. The largest absolute Gasteiger partial charge is 0.106 e. The van der Waals surface area contributed by atoms with Crippen LogP contribution in [0.4, 0.5) is 0 Å². The lowest BCUT2D eigenvalue weighted by atomic mass is 9.97. The molecule has 0 fully saturated rings. The molecule has 50 heavy (non-hydrogen) atoms. The van der Waals surface area contributed by atoms with Crippen LogP contribution in [0.3, 0.4) is 0 Å². The van der Waals surface area contributed by atoms with Gasteiger partial charge in [0.1, 0.15) is 8.07 Å². The zero-order valence-corrected chi connectivity index (χ0v) is 38.7. The molecule has 0 unspecified atom stereocenters. The molecule has 262 valence electrons. The van der Waals surface area contributed by atoms with Gasteiger partial charge in [-0.25, -0.2) is 0 Å². The molecule has 0 amide bonds. The molecule has 5 heteroatoms. The van der Waals surface area contributed by atoms with E-state index in [-0.39, 0.29) is 0 Å². The average molecular weight is 743 g/mol. The maximum absolute atomic E-state index is 2.67. The van der Waals surface area contributed by atoms with Crippen molar-refractivity contribution in [1.29, 1.82) is 0 Å². The minimum absolute atomic E-state index is 1.10. The number of fused-ring (bicyclic) bond motifs is 2. The van der Waals surface area contributed by atoms with Crippen molar-refractivity contribution in [1.82, 2.24) is 0 Å². The highest BCUT2D eigenvalue weighted by Crippen LogP contribution is 2.45. The molecule has 0 N–H and O–H groups in total. The van der Waals surface area contributed by atoms with Gasteiger partial charge in [0.05, 0.1) is 32.3 Å². The fourth-order valence-corrected chi connectivity index (χ4v) is 16.3. The van der Waals surface area contributed by atoms with Gasteiger partial charge in [-0.05, 0) is 57.3 Å². The van der Waals surface area contributed by atoms with Gasteiger partial charge in [-0.3, -0.25) is 0 Å². The molecule has 4 aromatic rings. The van der Waals surface area contributed by atoms with Crippen molar-refractivity contribution in [2.45, 2.75) is 111 Å². The highest BCUT2D eigenvalue weighted by Gasteiger charge is 2.39. The maximum Gasteiger partial charge on any atom is 0.106 e. The first-order valence-electron chi connectivity index (χ1n) is 19.1. The van der Waals surface area contributed by atoms with E-state index in [0.717, 1.165) is 12.8 Å². The highest BCUT2D eigenvalue weighted by molar-refractivity contribution is 6.93. The summed E-state index contributed by atoms with van der Waals surface area (Å²) in [6, 6.07) is 30.9. The van der Waals surface area contributed by atoms with E-state index >= 15 is 0 Å². The van der Waals surface area contributed by atoms with Gasteiger partial charge in [0.15, 0.2) is 0 Å². The predicted molar refractivity (Wildman–Crippen MR) is 241 cm³/mol. The van der Waals surface area contributed by atoms with E-state index in [1.807, 2.05) is 0 Å². The molecule has 0 aromatic heterocycles. The smallest absolute Gasteiger partial charge is 0.0712 e. The van der Waals surface area contributed by atoms with E-state index in [4.69, 9.17) is 0 Å². The first-order valence-corrected chi connectivity index (χ1v) is 35.8. The third-order valence-corrected chi connectivity index (χ3v) is 24.8. The first kappa shape index (κ1) is 37.2. The van der Waals surface area contributed by atoms with Crippen LogP contribution in [0.15, 0.2) is 83.2 Å². The van der Waals surface area contributed by atoms with Gasteiger partial charge in [0, 0.05) is 0 Å². The number of allylic oxidation sites excluding steroid dienone is 2. The van der Waals surface area contributed by atoms with E-state index in [1.165, 1.54) is 50.6 Å². The monoisotopic (exact) mass is 742 g/mol. The van der Waals surface area contributed by atoms with Crippen LogP contribution in [0.5, 0.6) is 0 Å². The Kier molecular flexibility index (Phi) is 9.55. The number of benzene rings is 4. The van der Waals surface area contributed by atoms with Gasteiger partial charge in [0.2, 0.25) is 0 Å². The predicted octanol–water partition coefficient (Wildman–Crippen LogP) is 11.0. The molecule has 0 nitrogen and oxygen atoms in total. The van der Waals surface area contributed by atoms with Crippen LogP contribution in [0, 0.1) is 0 Å². The molecule has 0 radical (unpaired) electrons. The minimum atomic E-state index is -1.91. The summed E-state index contributed by atoms with van der Waals surface area (Å²) in [4.78, 5) is 0. The molecule has 0 bridgehead atoms. The van der Waals surface area contributed by atoms with Crippen LogP contribution in [0.25, 0.3) is 34.4 Å². The Bertz CT molecular complexity index is 1830. The Balaban J connectivity index is 1.43. The van der Waals surface area contributed by atoms with Crippen LogP contribution < -0.4 is 20.7 Å². The lowest BCUT2D eigenvalue weighted by Crippen LogP contribution is -2.45. The lowest BCUT2D eigenvalue weighted by Gasteiger charge is -2.30. The molecule has 2 aliphatic carbocycles. The summed E-state index contributed by atoms with van der Waals surface area (Å²) in [5.74, 6) is 0. The van der Waals surface area contributed by atoms with Gasteiger partial charge in [-0.2, -0.15) is 0 Å². The summed E-state index contributed by atoms with van der Waals surface area (Å²) in [6.07, 6.45) is 7.54. The lowest BCUT2D eigenvalue weighted by molar-refractivity contribution is 1.19. The van der Waals surface area contributed by atoms with E-state index in [0.29, 0.717) is 0 Å². The fourth-order valence-electron chi connectivity index (χ4n) is 7.91. The van der Waals surface area contributed by atoms with Crippen molar-refractivity contribution in [2.75, 3.05) is 0 Å². The molecular weight excluding hydrogens is 681 g/mol. The molecule has 2 aliphatic rings. The summed E-state index contributed by atoms with van der Waals surface area (Å²) >= 11 is 0. The molecule has 0 aliphatic heterocycles. The molecule has 0 saturated heterocycles. The van der Waals surface area contributed by atoms with E-state index in [1.54, 1.807) is 31.1 Å². The summed E-state index contributed by atoms with van der Waals surface area (Å²) in [5, 5.41) is 9.82. The Hall–Kier alpha value is -2.56. The maximum atomic E-state index is 2.67. The van der Waals surface area contributed by atoms with Crippen molar-refractivity contribution in [3.05, 3.63) is 105 Å². The topological polar surface area (TPSA) is 0 Å². The summed E-state index contributed by atoms with van der Waals surface area (Å²) < 4.78 is 0. The Morgan fingerprint density at radius 1 is 0.440 bits per heavy atom. The zero-order chi connectivity index (χ0) is 36.6. The van der Waals surface area contributed by atoms with Crippen molar-refractivity contribution in [3.63, 3.8) is 0 Å². The number of rotatable bonds is 9. The van der Waals surface area contributed by atoms with Crippen LogP contribution >= 0.6 is 0 Å². The quantitative estimate of drug-likeness (QED) is 0.150. The van der Waals surface area contributed by atoms with Crippen LogP contribution in [0.2, 0.25) is 91.2 Å². The first-order chi connectivity index (χ1) is 23.1. The normalized spacial score (nSPS) is 15.2. The van der Waals surface area contributed by atoms with E-state index in [9.17, 15) is 0 Å². The third kappa shape index (κ3) is 7.10. The second kappa shape index (κ2) is 12.8. The second-order valence-corrected chi connectivity index (χ2v) is 44.7. The zero-order valence-electron chi connectivity index (χ0n) is 33.7. The molecule has 6 rings (SSSR count). The molecular formula is C45H62Si5. The van der Waals surface area contributed by atoms with Crippen molar-refractivity contribution < 1.29 is 0 Å². The van der Waals surface area contributed by atoms with Gasteiger partial charge < -0.3 is 0 Å². The van der Waals surface area contributed by atoms with E-state index < -0.39 is 40.4 Å². The molecule has 0 heterocycles. The summed E-state index contributed by atoms with van der Waals surface area (Å²) in [7, 11) is -7.82. The summed E-state index contributed by atoms with van der Waals surface area (Å²) in [5.41, 5.74) is 11.8.